The van der Waals surface area contributed by atoms with Crippen molar-refractivity contribution in [3.8, 4) is 0 Å². The van der Waals surface area contributed by atoms with Gasteiger partial charge in [0.25, 0.3) is 0 Å². The topological polar surface area (TPSA) is 129 Å². The molecule has 2 heterocycles. The minimum Gasteiger partial charge on any atom is -0.468 e. The molecule has 0 amide bonds. The Morgan fingerprint density at radius 1 is 0.575 bits per heavy atom. The van der Waals surface area contributed by atoms with E-state index in [2.05, 4.69) is 10.6 Å². The number of esters is 4. The number of rotatable bonds is 6. The van der Waals surface area contributed by atoms with Gasteiger partial charge in [0.2, 0.25) is 0 Å². The highest BCUT2D eigenvalue weighted by Gasteiger charge is 2.85. The van der Waals surface area contributed by atoms with E-state index in [0.717, 1.165) is 0 Å². The minimum atomic E-state index is -1.53. The van der Waals surface area contributed by atoms with Crippen LogP contribution >= 0.6 is 0 Å². The highest BCUT2D eigenvalue weighted by Crippen LogP contribution is 2.71. The van der Waals surface area contributed by atoms with Crippen molar-refractivity contribution in [3.63, 3.8) is 0 Å². The van der Waals surface area contributed by atoms with Crippen LogP contribution in [0.4, 0.5) is 0 Å². The van der Waals surface area contributed by atoms with Crippen molar-refractivity contribution >= 4 is 23.9 Å². The molecular weight excluding hydrogens is 516 g/mol. The second-order valence-corrected chi connectivity index (χ2v) is 9.92. The molecule has 0 saturated heterocycles. The van der Waals surface area contributed by atoms with E-state index >= 15 is 0 Å². The molecule has 2 aliphatic heterocycles. The molecule has 10 heteroatoms. The van der Waals surface area contributed by atoms with E-state index in [0.29, 0.717) is 11.1 Å². The van der Waals surface area contributed by atoms with Crippen LogP contribution in [-0.4, -0.2) is 64.4 Å². The van der Waals surface area contributed by atoms with Crippen molar-refractivity contribution in [3.05, 3.63) is 95.3 Å². The summed E-state index contributed by atoms with van der Waals surface area (Å²) in [4.78, 5) is 54.4. The summed E-state index contributed by atoms with van der Waals surface area (Å²) in [5.74, 6) is -4.32. The molecule has 1 aliphatic carbocycles. The van der Waals surface area contributed by atoms with Gasteiger partial charge in [0.15, 0.2) is 0 Å². The summed E-state index contributed by atoms with van der Waals surface area (Å²) in [6.07, 6.45) is 2.96. The third kappa shape index (κ3) is 3.41. The molecule has 2 aromatic rings. The number of fused-ring (bicyclic) bond motifs is 4. The van der Waals surface area contributed by atoms with Crippen molar-refractivity contribution in [1.29, 1.82) is 0 Å². The highest BCUT2D eigenvalue weighted by atomic mass is 16.5. The van der Waals surface area contributed by atoms with E-state index in [1.165, 1.54) is 40.8 Å². The summed E-state index contributed by atoms with van der Waals surface area (Å²) >= 11 is 0. The van der Waals surface area contributed by atoms with Crippen molar-refractivity contribution in [2.75, 3.05) is 28.4 Å². The second-order valence-electron chi connectivity index (χ2n) is 9.92. The van der Waals surface area contributed by atoms with Gasteiger partial charge >= 0.3 is 23.9 Å². The Labute approximate surface area is 231 Å². The fraction of sp³-hybridized carbons (Fsp3) is 0.333. The summed E-state index contributed by atoms with van der Waals surface area (Å²) in [7, 11) is 5.05. The molecule has 0 unspecified atom stereocenters. The zero-order valence-electron chi connectivity index (χ0n) is 22.5. The molecule has 0 atom stereocenters. The number of benzene rings is 2. The van der Waals surface area contributed by atoms with E-state index in [4.69, 9.17) is 18.9 Å². The third-order valence-corrected chi connectivity index (χ3v) is 8.48. The lowest BCUT2D eigenvalue weighted by atomic mass is 9.34. The van der Waals surface area contributed by atoms with Crippen molar-refractivity contribution in [2.45, 2.75) is 23.9 Å². The molecule has 0 aromatic heterocycles. The number of carbonyl (C=O) groups is 4. The van der Waals surface area contributed by atoms with E-state index in [-0.39, 0.29) is 11.1 Å². The Bertz CT molecular complexity index is 1290. The fourth-order valence-electron chi connectivity index (χ4n) is 7.12. The van der Waals surface area contributed by atoms with Crippen LogP contribution in [0.1, 0.15) is 23.0 Å². The monoisotopic (exact) mass is 546 g/mol. The lowest BCUT2D eigenvalue weighted by molar-refractivity contribution is -0.212. The maximum absolute atomic E-state index is 14.1. The molecule has 3 aliphatic rings. The Morgan fingerprint density at radius 2 is 0.925 bits per heavy atom. The maximum atomic E-state index is 14.1. The number of nitrogens with one attached hydrogen (secondary N) is 2. The molecule has 5 rings (SSSR count). The van der Waals surface area contributed by atoms with Crippen molar-refractivity contribution < 1.29 is 38.1 Å². The predicted molar refractivity (Wildman–Crippen MR) is 141 cm³/mol. The molecule has 208 valence electrons. The van der Waals surface area contributed by atoms with Crippen LogP contribution in [0.5, 0.6) is 0 Å². The molecule has 40 heavy (non-hydrogen) atoms. The lowest BCUT2D eigenvalue weighted by Crippen LogP contribution is -2.88. The zero-order valence-corrected chi connectivity index (χ0v) is 22.5. The Hall–Kier alpha value is -4.60. The highest BCUT2D eigenvalue weighted by molar-refractivity contribution is 6.00. The average Bonchev–Trinajstić information content (AvgIpc) is 3.01. The van der Waals surface area contributed by atoms with Crippen LogP contribution in [0.3, 0.4) is 0 Å². The van der Waals surface area contributed by atoms with Gasteiger partial charge in [-0.05, 0) is 11.1 Å². The van der Waals surface area contributed by atoms with Gasteiger partial charge in [-0.25, -0.2) is 9.59 Å². The first-order valence-corrected chi connectivity index (χ1v) is 12.7. The molecular formula is C30H30N2O8. The Morgan fingerprint density at radius 3 is 1.23 bits per heavy atom. The summed E-state index contributed by atoms with van der Waals surface area (Å²) in [5.41, 5.74) is -1.39. The van der Waals surface area contributed by atoms with E-state index in [1.807, 2.05) is 12.1 Å². The summed E-state index contributed by atoms with van der Waals surface area (Å²) in [6.45, 7) is 0. The molecule has 2 aromatic carbocycles. The molecule has 2 N–H and O–H groups in total. The number of methoxy groups -OCH3 is 4. The Balaban J connectivity index is 1.85. The van der Waals surface area contributed by atoms with Crippen LogP contribution in [0.15, 0.2) is 84.2 Å². The molecule has 10 nitrogen and oxygen atoms in total. The summed E-state index contributed by atoms with van der Waals surface area (Å²) in [5, 5.41) is 6.38. The third-order valence-electron chi connectivity index (χ3n) is 8.48. The van der Waals surface area contributed by atoms with Gasteiger partial charge in [-0.2, -0.15) is 0 Å². The molecule has 1 fully saturated rings. The summed E-state index contributed by atoms with van der Waals surface area (Å²) in [6, 6.07) is 16.1. The smallest absolute Gasteiger partial charge is 0.335 e. The SMILES string of the molecule is COC(=O)C1=CNC2C(C(=O)OC)(C1c1ccccc1)C1NC=C(C(=O)OC)C(c3ccccc3)C21C(=O)OC. The Kier molecular flexibility index (Phi) is 6.87. The molecule has 0 spiro atoms. The van der Waals surface area contributed by atoms with Crippen molar-refractivity contribution in [1.82, 2.24) is 10.6 Å². The van der Waals surface area contributed by atoms with Gasteiger partial charge in [0.1, 0.15) is 10.8 Å². The largest absolute Gasteiger partial charge is 0.468 e. The van der Waals surface area contributed by atoms with E-state index < -0.39 is 58.6 Å². The van der Waals surface area contributed by atoms with Crippen LogP contribution in [0.25, 0.3) is 0 Å². The van der Waals surface area contributed by atoms with Gasteiger partial charge in [0.05, 0.1) is 51.7 Å². The molecule has 0 radical (unpaired) electrons. The van der Waals surface area contributed by atoms with Crippen LogP contribution in [0, 0.1) is 10.8 Å². The van der Waals surface area contributed by atoms with Gasteiger partial charge < -0.3 is 29.6 Å². The zero-order chi connectivity index (χ0) is 28.7. The normalized spacial score (nSPS) is 29.8. The minimum absolute atomic E-state index is 0.189. The van der Waals surface area contributed by atoms with Gasteiger partial charge in [0, 0.05) is 24.2 Å². The molecule has 1 saturated carbocycles. The average molecular weight is 547 g/mol. The van der Waals surface area contributed by atoms with E-state index in [9.17, 15) is 19.2 Å². The van der Waals surface area contributed by atoms with Crippen LogP contribution in [-0.2, 0) is 38.1 Å². The lowest BCUT2D eigenvalue weighted by Gasteiger charge is -2.71. The number of ether oxygens (including phenoxy) is 4. The fourth-order valence-corrected chi connectivity index (χ4v) is 7.12. The first-order valence-electron chi connectivity index (χ1n) is 12.7. The van der Waals surface area contributed by atoms with Gasteiger partial charge in [-0.3, -0.25) is 9.59 Å². The van der Waals surface area contributed by atoms with Crippen LogP contribution in [0.2, 0.25) is 0 Å². The van der Waals surface area contributed by atoms with Crippen molar-refractivity contribution in [2.24, 2.45) is 10.8 Å². The standard InChI is InChI=1S/C30H30N2O8/c1-37-23(33)19-15-31-25-29(27(35)39-3,21(19)17-11-7-5-8-12-17)26-30(25,28(36)40-4)22(18-13-9-6-10-14-18)20(16-32-26)24(34)38-2/h5-16,21-22,25-26,31-32H,1-4H3. The number of hydrogen-bond donors (Lipinski definition) is 2. The van der Waals surface area contributed by atoms with E-state index in [1.54, 1.807) is 48.5 Å². The summed E-state index contributed by atoms with van der Waals surface area (Å²) < 4.78 is 21.0. The second kappa shape index (κ2) is 10.2. The predicted octanol–water partition coefficient (Wildman–Crippen LogP) is 1.94. The van der Waals surface area contributed by atoms with Gasteiger partial charge in [-0.15, -0.1) is 0 Å². The maximum Gasteiger partial charge on any atom is 0.335 e. The molecule has 0 bridgehead atoms. The van der Waals surface area contributed by atoms with Gasteiger partial charge in [-0.1, -0.05) is 60.7 Å². The number of hydrogen-bond acceptors (Lipinski definition) is 10. The number of carbonyl (C=O) groups excluding carboxylic acids is 4. The first-order chi connectivity index (χ1) is 19.3. The quantitative estimate of drug-likeness (QED) is 0.410. The van der Waals surface area contributed by atoms with Crippen LogP contribution < -0.4 is 10.6 Å². The first kappa shape index (κ1) is 27.0.